The third-order valence-corrected chi connectivity index (χ3v) is 8.05. The zero-order chi connectivity index (χ0) is 28.5. The SMILES string of the molecule is O=C(O)N[C@H]1CCN([C@H]2CC[C@H](Nc3nc(N4CCOCC4)cc(-n4c(C(F)F)nc5ccccc54)n3)CC2)C1=O. The maximum absolute atomic E-state index is 14.1. The van der Waals surface area contributed by atoms with Gasteiger partial charge in [-0.05, 0) is 44.2 Å². The Morgan fingerprint density at radius 2 is 1.73 bits per heavy atom. The minimum atomic E-state index is -2.80. The highest BCUT2D eigenvalue weighted by atomic mass is 19.3. The normalized spacial score (nSPS) is 23.4. The largest absolute Gasteiger partial charge is 0.465 e. The van der Waals surface area contributed by atoms with Crippen LogP contribution in [0.2, 0.25) is 0 Å². The van der Waals surface area contributed by atoms with Gasteiger partial charge in [-0.3, -0.25) is 9.36 Å². The molecule has 14 heteroatoms. The molecule has 3 aromatic rings. The Morgan fingerprint density at radius 1 is 1.00 bits per heavy atom. The zero-order valence-electron chi connectivity index (χ0n) is 22.4. The van der Waals surface area contributed by atoms with E-state index in [-0.39, 0.29) is 23.8 Å². The number of nitrogens with one attached hydrogen (secondary N) is 2. The van der Waals surface area contributed by atoms with Gasteiger partial charge in [0.15, 0.2) is 5.82 Å². The molecule has 3 fully saturated rings. The van der Waals surface area contributed by atoms with Crippen molar-refractivity contribution in [1.82, 2.24) is 29.7 Å². The molecular formula is C27H32F2N8O4. The summed E-state index contributed by atoms with van der Waals surface area (Å²) in [5.74, 6) is 0.717. The van der Waals surface area contributed by atoms with Gasteiger partial charge in [0.25, 0.3) is 6.43 Å². The minimum Gasteiger partial charge on any atom is -0.465 e. The summed E-state index contributed by atoms with van der Waals surface area (Å²) in [6, 6.07) is 8.09. The first-order valence-corrected chi connectivity index (χ1v) is 13.9. The Balaban J connectivity index is 1.24. The van der Waals surface area contributed by atoms with Gasteiger partial charge in [-0.2, -0.15) is 9.97 Å². The van der Waals surface area contributed by atoms with Crippen molar-refractivity contribution in [1.29, 1.82) is 0 Å². The lowest BCUT2D eigenvalue weighted by Gasteiger charge is -2.35. The van der Waals surface area contributed by atoms with E-state index in [1.54, 1.807) is 35.2 Å². The molecule has 0 radical (unpaired) electrons. The van der Waals surface area contributed by atoms with Crippen molar-refractivity contribution in [2.45, 2.75) is 56.7 Å². The second-order valence-corrected chi connectivity index (χ2v) is 10.6. The molecule has 1 aliphatic carbocycles. The molecule has 6 rings (SSSR count). The number of imidazole rings is 1. The number of hydrogen-bond donors (Lipinski definition) is 3. The van der Waals surface area contributed by atoms with Crippen LogP contribution in [0.25, 0.3) is 16.9 Å². The first-order valence-electron chi connectivity index (χ1n) is 13.9. The Bertz CT molecular complexity index is 1420. The van der Waals surface area contributed by atoms with Crippen molar-refractivity contribution in [3.63, 3.8) is 0 Å². The fraction of sp³-hybridized carbons (Fsp3) is 0.519. The number of fused-ring (bicyclic) bond motifs is 1. The number of hydrogen-bond acceptors (Lipinski definition) is 8. The average Bonchev–Trinajstić information content (AvgIpc) is 3.54. The maximum Gasteiger partial charge on any atom is 0.405 e. The van der Waals surface area contributed by atoms with Crippen LogP contribution in [0.1, 0.15) is 44.4 Å². The van der Waals surface area contributed by atoms with Crippen molar-refractivity contribution < 1.29 is 28.2 Å². The van der Waals surface area contributed by atoms with Gasteiger partial charge in [0, 0.05) is 37.8 Å². The second kappa shape index (κ2) is 11.4. The molecule has 1 aromatic carbocycles. The van der Waals surface area contributed by atoms with Crippen LogP contribution < -0.4 is 15.5 Å². The number of anilines is 2. The number of para-hydroxylation sites is 2. The van der Waals surface area contributed by atoms with Crippen LogP contribution in [0.5, 0.6) is 0 Å². The summed E-state index contributed by atoms with van der Waals surface area (Å²) in [6.07, 6.45) is -0.514. The fourth-order valence-corrected chi connectivity index (χ4v) is 6.05. The Hall–Kier alpha value is -4.07. The Morgan fingerprint density at radius 3 is 2.46 bits per heavy atom. The third-order valence-electron chi connectivity index (χ3n) is 8.05. The Labute approximate surface area is 234 Å². The number of morpholine rings is 1. The van der Waals surface area contributed by atoms with Crippen molar-refractivity contribution >= 4 is 34.8 Å². The van der Waals surface area contributed by atoms with Crippen LogP contribution in [0.15, 0.2) is 30.3 Å². The number of halogens is 2. The number of carbonyl (C=O) groups is 2. The van der Waals surface area contributed by atoms with Gasteiger partial charge in [0.2, 0.25) is 11.9 Å². The molecule has 0 bridgehead atoms. The number of carbonyl (C=O) groups excluding carboxylic acids is 1. The van der Waals surface area contributed by atoms with E-state index >= 15 is 0 Å². The van der Waals surface area contributed by atoms with Crippen LogP contribution in [0, 0.1) is 0 Å². The summed E-state index contributed by atoms with van der Waals surface area (Å²) in [6.45, 7) is 2.86. The number of nitrogens with zero attached hydrogens (tertiary/aromatic N) is 6. The van der Waals surface area contributed by atoms with E-state index in [1.807, 2.05) is 0 Å². The number of rotatable bonds is 7. The van der Waals surface area contributed by atoms with Crippen molar-refractivity contribution in [3.8, 4) is 5.82 Å². The highest BCUT2D eigenvalue weighted by Gasteiger charge is 2.38. The molecule has 1 atom stereocenters. The molecule has 2 aromatic heterocycles. The summed E-state index contributed by atoms with van der Waals surface area (Å²) >= 11 is 0. The molecule has 0 unspecified atom stereocenters. The Kier molecular flexibility index (Phi) is 7.56. The molecule has 41 heavy (non-hydrogen) atoms. The first-order chi connectivity index (χ1) is 19.9. The summed E-state index contributed by atoms with van der Waals surface area (Å²) in [5, 5.41) is 14.7. The quantitative estimate of drug-likeness (QED) is 0.391. The van der Waals surface area contributed by atoms with Crippen LogP contribution in [0.3, 0.4) is 0 Å². The van der Waals surface area contributed by atoms with Gasteiger partial charge >= 0.3 is 6.09 Å². The molecule has 3 aliphatic rings. The number of alkyl halides is 2. The van der Waals surface area contributed by atoms with Gasteiger partial charge in [-0.25, -0.2) is 18.6 Å². The third kappa shape index (κ3) is 5.60. The number of carboxylic acid groups (broad SMARTS) is 1. The van der Waals surface area contributed by atoms with E-state index in [0.717, 1.165) is 25.7 Å². The average molecular weight is 571 g/mol. The summed E-state index contributed by atoms with van der Waals surface area (Å²) < 4.78 is 35.1. The lowest BCUT2D eigenvalue weighted by molar-refractivity contribution is -0.131. The van der Waals surface area contributed by atoms with Crippen LogP contribution in [0.4, 0.5) is 25.3 Å². The van der Waals surface area contributed by atoms with E-state index in [4.69, 9.17) is 14.8 Å². The topological polar surface area (TPSA) is 138 Å². The molecular weight excluding hydrogens is 538 g/mol. The number of benzene rings is 1. The molecule has 218 valence electrons. The molecule has 12 nitrogen and oxygen atoms in total. The number of likely N-dealkylation sites (tertiary alicyclic amines) is 1. The molecule has 2 amide bonds. The van der Waals surface area contributed by atoms with E-state index in [0.29, 0.717) is 67.9 Å². The number of ether oxygens (including phenoxy) is 1. The lowest BCUT2D eigenvalue weighted by Crippen LogP contribution is -2.46. The maximum atomic E-state index is 14.1. The standard InChI is InChI=1S/C27H32F2N8O4/c28-23(29)24-31-18-3-1-2-4-20(18)37(24)22-15-21(35-11-13-41-14-12-35)33-26(34-22)30-16-5-7-17(8-6-16)36-10-9-19(25(36)38)32-27(39)40/h1-4,15-17,19,23,32H,5-14H2,(H,39,40)(H,30,33,34)/t16-,17-,19-/m0/s1. The van der Waals surface area contributed by atoms with Gasteiger partial charge < -0.3 is 30.3 Å². The van der Waals surface area contributed by atoms with E-state index in [1.165, 1.54) is 4.57 Å². The molecule has 0 spiro atoms. The highest BCUT2D eigenvalue weighted by Crippen LogP contribution is 2.31. The van der Waals surface area contributed by atoms with Gasteiger partial charge in [-0.15, -0.1) is 0 Å². The highest BCUT2D eigenvalue weighted by molar-refractivity contribution is 5.87. The fourth-order valence-electron chi connectivity index (χ4n) is 6.05. The molecule has 2 saturated heterocycles. The van der Waals surface area contributed by atoms with Crippen LogP contribution in [-0.2, 0) is 9.53 Å². The number of aromatic nitrogens is 4. The van der Waals surface area contributed by atoms with Crippen LogP contribution >= 0.6 is 0 Å². The summed E-state index contributed by atoms with van der Waals surface area (Å²) in [5.41, 5.74) is 0.992. The first kappa shape index (κ1) is 27.1. The number of amides is 2. The van der Waals surface area contributed by atoms with Crippen molar-refractivity contribution in [3.05, 3.63) is 36.2 Å². The molecule has 4 heterocycles. The smallest absolute Gasteiger partial charge is 0.405 e. The molecule has 1 saturated carbocycles. The van der Waals surface area contributed by atoms with Gasteiger partial charge in [-0.1, -0.05) is 12.1 Å². The van der Waals surface area contributed by atoms with Gasteiger partial charge in [0.1, 0.15) is 17.7 Å². The summed E-state index contributed by atoms with van der Waals surface area (Å²) in [4.78, 5) is 41.2. The molecule has 2 aliphatic heterocycles. The minimum absolute atomic E-state index is 0.0267. The van der Waals surface area contributed by atoms with E-state index in [9.17, 15) is 18.4 Å². The van der Waals surface area contributed by atoms with Crippen molar-refractivity contribution in [2.75, 3.05) is 43.1 Å². The predicted molar refractivity (Wildman–Crippen MR) is 146 cm³/mol. The van der Waals surface area contributed by atoms with E-state index in [2.05, 4.69) is 25.5 Å². The van der Waals surface area contributed by atoms with E-state index < -0.39 is 18.6 Å². The van der Waals surface area contributed by atoms with Crippen molar-refractivity contribution in [2.24, 2.45) is 0 Å². The zero-order valence-corrected chi connectivity index (χ0v) is 22.4. The lowest BCUT2D eigenvalue weighted by atomic mass is 9.90. The second-order valence-electron chi connectivity index (χ2n) is 10.6. The predicted octanol–water partition coefficient (Wildman–Crippen LogP) is 3.18. The van der Waals surface area contributed by atoms with Crippen LogP contribution in [-0.4, -0.2) is 92.5 Å². The van der Waals surface area contributed by atoms with Gasteiger partial charge in [0.05, 0.1) is 24.2 Å². The molecule has 3 N–H and O–H groups in total. The monoisotopic (exact) mass is 570 g/mol. The summed E-state index contributed by atoms with van der Waals surface area (Å²) in [7, 11) is 0.